The molecule has 1 aliphatic heterocycles. The Balaban J connectivity index is 1.54. The predicted molar refractivity (Wildman–Crippen MR) is 111 cm³/mol. The van der Waals surface area contributed by atoms with Crippen molar-refractivity contribution in [3.63, 3.8) is 0 Å². The van der Waals surface area contributed by atoms with Crippen molar-refractivity contribution >= 4 is 32.6 Å². The lowest BCUT2D eigenvalue weighted by atomic mass is 10.2. The third-order valence-electron chi connectivity index (χ3n) is 4.71. The van der Waals surface area contributed by atoms with E-state index in [1.54, 1.807) is 32.4 Å². The van der Waals surface area contributed by atoms with Crippen LogP contribution >= 0.6 is 0 Å². The van der Waals surface area contributed by atoms with Gasteiger partial charge in [0, 0.05) is 31.1 Å². The Morgan fingerprint density at radius 1 is 1.10 bits per heavy atom. The fourth-order valence-corrected chi connectivity index (χ4v) is 4.47. The van der Waals surface area contributed by atoms with Gasteiger partial charge in [0.25, 0.3) is 0 Å². The molecular formula is C19H21N5O4S. The molecule has 1 aromatic heterocycles. The van der Waals surface area contributed by atoms with Gasteiger partial charge in [-0.3, -0.25) is 4.31 Å². The number of nitrogens with zero attached hydrogens (tertiary/aromatic N) is 3. The first-order chi connectivity index (χ1) is 14.0. The van der Waals surface area contributed by atoms with Crippen LogP contribution in [0, 0.1) is 0 Å². The fraction of sp³-hybridized carbons (Fsp3) is 0.263. The Labute approximate surface area is 168 Å². The van der Waals surface area contributed by atoms with Crippen LogP contribution in [0.4, 0.5) is 11.5 Å². The van der Waals surface area contributed by atoms with Crippen LogP contribution < -0.4 is 23.8 Å². The van der Waals surface area contributed by atoms with Crippen molar-refractivity contribution in [1.29, 1.82) is 0 Å². The number of benzene rings is 2. The monoisotopic (exact) mass is 415 g/mol. The molecule has 0 spiro atoms. The van der Waals surface area contributed by atoms with Crippen LogP contribution in [0.1, 0.15) is 5.56 Å². The first kappa shape index (κ1) is 19.2. The van der Waals surface area contributed by atoms with E-state index in [4.69, 9.17) is 9.47 Å². The maximum atomic E-state index is 11.9. The van der Waals surface area contributed by atoms with Crippen LogP contribution in [-0.4, -0.2) is 45.7 Å². The molecule has 3 aromatic rings. The summed E-state index contributed by atoms with van der Waals surface area (Å²) in [6.07, 6.45) is 1.49. The minimum atomic E-state index is -3.42. The molecule has 10 heteroatoms. The molecule has 1 saturated heterocycles. The molecule has 0 aliphatic carbocycles. The average molecular weight is 415 g/mol. The van der Waals surface area contributed by atoms with Crippen LogP contribution in [0.2, 0.25) is 0 Å². The van der Waals surface area contributed by atoms with E-state index in [1.807, 2.05) is 18.2 Å². The van der Waals surface area contributed by atoms with Crippen molar-refractivity contribution in [2.75, 3.05) is 36.9 Å². The van der Waals surface area contributed by atoms with Gasteiger partial charge in [-0.15, -0.1) is 0 Å². The van der Waals surface area contributed by atoms with Crippen molar-refractivity contribution in [2.24, 2.45) is 0 Å². The number of rotatable bonds is 6. The lowest BCUT2D eigenvalue weighted by molar-refractivity contribution is 0.356. The molecule has 1 aliphatic rings. The third-order valence-corrected chi connectivity index (χ3v) is 6.26. The number of aromatic nitrogens is 2. The molecule has 0 saturated carbocycles. The molecule has 1 fully saturated rings. The lowest BCUT2D eigenvalue weighted by Crippen LogP contribution is -2.29. The van der Waals surface area contributed by atoms with Crippen LogP contribution in [-0.2, 0) is 16.8 Å². The molecule has 0 amide bonds. The zero-order valence-electron chi connectivity index (χ0n) is 16.0. The Morgan fingerprint density at radius 3 is 2.48 bits per heavy atom. The minimum Gasteiger partial charge on any atom is -0.493 e. The quantitative estimate of drug-likeness (QED) is 0.633. The van der Waals surface area contributed by atoms with E-state index >= 15 is 0 Å². The summed E-state index contributed by atoms with van der Waals surface area (Å²) in [6, 6.07) is 11.0. The van der Waals surface area contributed by atoms with Gasteiger partial charge in [0.2, 0.25) is 0 Å². The minimum absolute atomic E-state index is 0.417. The average Bonchev–Trinajstić information content (AvgIpc) is 3.10. The highest BCUT2D eigenvalue weighted by atomic mass is 32.2. The molecule has 0 atom stereocenters. The number of fused-ring (bicyclic) bond motifs is 1. The normalized spacial score (nSPS) is 15.4. The highest BCUT2D eigenvalue weighted by Crippen LogP contribution is 2.33. The molecular weight excluding hydrogens is 394 g/mol. The topological polar surface area (TPSA) is 106 Å². The van der Waals surface area contributed by atoms with Gasteiger partial charge >= 0.3 is 10.2 Å². The standard InChI is InChI=1S/C19H21N5O4S/c1-27-17-9-15-16(10-18(17)28-2)21-12-22-19(15)20-11-13-3-5-14(6-4-13)24-8-7-23-29(24,25)26/h3-6,9-10,12,23H,7-8,11H2,1-2H3,(H,20,21,22). The SMILES string of the molecule is COc1cc2ncnc(NCc3ccc(N4CCNS4(=O)=O)cc3)c2cc1OC. The summed E-state index contributed by atoms with van der Waals surface area (Å²) in [5.74, 6) is 1.88. The number of nitrogens with one attached hydrogen (secondary N) is 2. The summed E-state index contributed by atoms with van der Waals surface area (Å²) in [5, 5.41) is 4.12. The summed E-state index contributed by atoms with van der Waals surface area (Å²) in [5.41, 5.74) is 2.37. The number of hydrogen-bond donors (Lipinski definition) is 2. The Kier molecular flexibility index (Phi) is 5.12. The zero-order chi connectivity index (χ0) is 20.4. The van der Waals surface area contributed by atoms with E-state index in [0.29, 0.717) is 42.6 Å². The maximum Gasteiger partial charge on any atom is 0.301 e. The molecule has 29 heavy (non-hydrogen) atoms. The summed E-state index contributed by atoms with van der Waals surface area (Å²) < 4.78 is 38.5. The van der Waals surface area contributed by atoms with Gasteiger partial charge in [-0.1, -0.05) is 12.1 Å². The van der Waals surface area contributed by atoms with Crippen LogP contribution in [0.15, 0.2) is 42.7 Å². The highest BCUT2D eigenvalue weighted by Gasteiger charge is 2.27. The van der Waals surface area contributed by atoms with Gasteiger partial charge in [-0.05, 0) is 23.8 Å². The number of hydrogen-bond acceptors (Lipinski definition) is 7. The maximum absolute atomic E-state index is 11.9. The second-order valence-corrected chi connectivity index (χ2v) is 8.12. The van der Waals surface area contributed by atoms with Gasteiger partial charge in [0.05, 0.1) is 25.4 Å². The molecule has 2 N–H and O–H groups in total. The number of ether oxygens (including phenoxy) is 2. The van der Waals surface area contributed by atoms with Crippen LogP contribution in [0.25, 0.3) is 10.9 Å². The van der Waals surface area contributed by atoms with Gasteiger partial charge < -0.3 is 14.8 Å². The van der Waals surface area contributed by atoms with Crippen molar-refractivity contribution in [3.8, 4) is 11.5 Å². The summed E-state index contributed by atoms with van der Waals surface area (Å²) in [6.45, 7) is 1.37. The summed E-state index contributed by atoms with van der Waals surface area (Å²) in [4.78, 5) is 8.63. The van der Waals surface area contributed by atoms with E-state index in [0.717, 1.165) is 16.5 Å². The smallest absolute Gasteiger partial charge is 0.301 e. The Hall–Kier alpha value is -3.11. The second kappa shape index (κ2) is 7.72. The molecule has 152 valence electrons. The van der Waals surface area contributed by atoms with Gasteiger partial charge in [0.15, 0.2) is 11.5 Å². The van der Waals surface area contributed by atoms with Gasteiger partial charge in [-0.2, -0.15) is 13.1 Å². The summed E-state index contributed by atoms with van der Waals surface area (Å²) >= 11 is 0. The number of methoxy groups -OCH3 is 2. The Bertz CT molecular complexity index is 1140. The van der Waals surface area contributed by atoms with E-state index < -0.39 is 10.2 Å². The van der Waals surface area contributed by atoms with Gasteiger partial charge in [0.1, 0.15) is 12.1 Å². The number of anilines is 2. The van der Waals surface area contributed by atoms with Gasteiger partial charge in [-0.25, -0.2) is 9.97 Å². The predicted octanol–water partition coefficient (Wildman–Crippen LogP) is 1.91. The summed E-state index contributed by atoms with van der Waals surface area (Å²) in [7, 11) is -0.254. The fourth-order valence-electron chi connectivity index (χ4n) is 3.23. The first-order valence-corrected chi connectivity index (χ1v) is 10.4. The van der Waals surface area contributed by atoms with E-state index in [9.17, 15) is 8.42 Å². The zero-order valence-corrected chi connectivity index (χ0v) is 16.9. The van der Waals surface area contributed by atoms with E-state index in [2.05, 4.69) is 20.0 Å². The third kappa shape index (κ3) is 3.76. The van der Waals surface area contributed by atoms with Crippen molar-refractivity contribution in [3.05, 3.63) is 48.3 Å². The molecule has 0 unspecified atom stereocenters. The molecule has 9 nitrogen and oxygen atoms in total. The Morgan fingerprint density at radius 2 is 1.83 bits per heavy atom. The van der Waals surface area contributed by atoms with Crippen LogP contribution in [0.3, 0.4) is 0 Å². The van der Waals surface area contributed by atoms with E-state index in [-0.39, 0.29) is 0 Å². The molecule has 2 heterocycles. The molecule has 4 rings (SSSR count). The van der Waals surface area contributed by atoms with Crippen molar-refractivity contribution in [2.45, 2.75) is 6.54 Å². The molecule has 2 aromatic carbocycles. The van der Waals surface area contributed by atoms with Crippen molar-refractivity contribution in [1.82, 2.24) is 14.7 Å². The second-order valence-electron chi connectivity index (χ2n) is 6.44. The molecule has 0 bridgehead atoms. The van der Waals surface area contributed by atoms with Crippen molar-refractivity contribution < 1.29 is 17.9 Å². The highest BCUT2D eigenvalue weighted by molar-refractivity contribution is 7.91. The van der Waals surface area contributed by atoms with E-state index in [1.165, 1.54) is 10.6 Å². The first-order valence-electron chi connectivity index (χ1n) is 8.98. The lowest BCUT2D eigenvalue weighted by Gasteiger charge is -2.16. The largest absolute Gasteiger partial charge is 0.493 e. The molecule has 0 radical (unpaired) electrons. The van der Waals surface area contributed by atoms with Crippen LogP contribution in [0.5, 0.6) is 11.5 Å².